The molecule has 0 amide bonds. The van der Waals surface area contributed by atoms with Crippen molar-refractivity contribution in [2.45, 2.75) is 27.3 Å². The van der Waals surface area contributed by atoms with E-state index in [-0.39, 0.29) is 0 Å². The zero-order chi connectivity index (χ0) is 11.3. The average molecular weight is 207 g/mol. The summed E-state index contributed by atoms with van der Waals surface area (Å²) in [4.78, 5) is 6.51. The number of hydrogen-bond donors (Lipinski definition) is 1. The number of nitrogens with two attached hydrogens (primary N) is 1. The lowest BCUT2D eigenvalue weighted by molar-refractivity contribution is 0.248. The third-order valence-electron chi connectivity index (χ3n) is 2.32. The van der Waals surface area contributed by atoms with Crippen molar-refractivity contribution in [1.29, 1.82) is 0 Å². The molecule has 84 valence electrons. The molecule has 3 nitrogen and oxygen atoms in total. The van der Waals surface area contributed by atoms with E-state index < -0.39 is 0 Å². The van der Waals surface area contributed by atoms with Crippen LogP contribution in [-0.2, 0) is 6.54 Å². The molecule has 1 aromatic rings. The summed E-state index contributed by atoms with van der Waals surface area (Å²) < 4.78 is 0. The van der Waals surface area contributed by atoms with E-state index in [9.17, 15) is 0 Å². The Morgan fingerprint density at radius 1 is 1.40 bits per heavy atom. The van der Waals surface area contributed by atoms with Gasteiger partial charge in [-0.15, -0.1) is 0 Å². The van der Waals surface area contributed by atoms with Gasteiger partial charge in [0, 0.05) is 19.3 Å². The van der Waals surface area contributed by atoms with Gasteiger partial charge in [0.15, 0.2) is 0 Å². The van der Waals surface area contributed by atoms with Crippen molar-refractivity contribution < 1.29 is 0 Å². The standard InChI is InChI=1S/C12H21N3/c1-4-15(8-10(2)3)9-11-5-6-12(13)14-7-11/h5-7,10H,4,8-9H2,1-3H3,(H2,13,14). The zero-order valence-corrected chi connectivity index (χ0v) is 9.90. The Kier molecular flexibility index (Phi) is 4.56. The minimum atomic E-state index is 0.589. The fraction of sp³-hybridized carbons (Fsp3) is 0.583. The minimum Gasteiger partial charge on any atom is -0.384 e. The molecule has 0 bridgehead atoms. The van der Waals surface area contributed by atoms with Gasteiger partial charge in [-0.05, 0) is 24.1 Å². The topological polar surface area (TPSA) is 42.1 Å². The maximum atomic E-state index is 5.55. The number of pyridine rings is 1. The second-order valence-electron chi connectivity index (χ2n) is 4.31. The van der Waals surface area contributed by atoms with Crippen molar-refractivity contribution in [1.82, 2.24) is 9.88 Å². The Morgan fingerprint density at radius 3 is 2.60 bits per heavy atom. The summed E-state index contributed by atoms with van der Waals surface area (Å²) in [5.41, 5.74) is 6.77. The molecular weight excluding hydrogens is 186 g/mol. The predicted molar refractivity (Wildman–Crippen MR) is 64.4 cm³/mol. The van der Waals surface area contributed by atoms with Crippen LogP contribution in [0.3, 0.4) is 0 Å². The Labute approximate surface area is 92.3 Å². The monoisotopic (exact) mass is 207 g/mol. The molecule has 0 unspecified atom stereocenters. The average Bonchev–Trinajstić information content (AvgIpc) is 2.19. The molecule has 1 heterocycles. The van der Waals surface area contributed by atoms with Crippen LogP contribution in [0.25, 0.3) is 0 Å². The number of aromatic nitrogens is 1. The van der Waals surface area contributed by atoms with E-state index in [2.05, 4.69) is 30.7 Å². The van der Waals surface area contributed by atoms with Crippen molar-refractivity contribution in [3.05, 3.63) is 23.9 Å². The molecule has 1 rings (SSSR count). The Hall–Kier alpha value is -1.09. The molecule has 0 radical (unpaired) electrons. The molecule has 0 aliphatic carbocycles. The van der Waals surface area contributed by atoms with Gasteiger partial charge in [0.05, 0.1) is 0 Å². The number of anilines is 1. The summed E-state index contributed by atoms with van der Waals surface area (Å²) in [5, 5.41) is 0. The van der Waals surface area contributed by atoms with Crippen LogP contribution in [-0.4, -0.2) is 23.0 Å². The van der Waals surface area contributed by atoms with Gasteiger partial charge in [-0.3, -0.25) is 4.90 Å². The van der Waals surface area contributed by atoms with E-state index in [0.717, 1.165) is 19.6 Å². The summed E-state index contributed by atoms with van der Waals surface area (Å²) in [5.74, 6) is 1.29. The van der Waals surface area contributed by atoms with Gasteiger partial charge in [0.1, 0.15) is 5.82 Å². The molecule has 0 fully saturated rings. The van der Waals surface area contributed by atoms with E-state index in [1.807, 2.05) is 18.3 Å². The highest BCUT2D eigenvalue weighted by Crippen LogP contribution is 2.07. The van der Waals surface area contributed by atoms with E-state index in [1.165, 1.54) is 5.56 Å². The summed E-state index contributed by atoms with van der Waals surface area (Å²) in [6, 6.07) is 3.91. The molecule has 0 saturated carbocycles. The quantitative estimate of drug-likeness (QED) is 0.804. The third kappa shape index (κ3) is 4.30. The van der Waals surface area contributed by atoms with Crippen molar-refractivity contribution in [3.8, 4) is 0 Å². The first-order chi connectivity index (χ1) is 7.11. The zero-order valence-electron chi connectivity index (χ0n) is 9.90. The second-order valence-corrected chi connectivity index (χ2v) is 4.31. The first kappa shape index (κ1) is 12.0. The summed E-state index contributed by atoms with van der Waals surface area (Å²) >= 11 is 0. The molecule has 1 aromatic heterocycles. The van der Waals surface area contributed by atoms with Crippen molar-refractivity contribution in [3.63, 3.8) is 0 Å². The molecule has 0 spiro atoms. The van der Waals surface area contributed by atoms with Crippen LogP contribution in [0.4, 0.5) is 5.82 Å². The highest BCUT2D eigenvalue weighted by molar-refractivity contribution is 5.29. The number of nitrogens with zero attached hydrogens (tertiary/aromatic N) is 2. The Bertz CT molecular complexity index is 279. The van der Waals surface area contributed by atoms with Gasteiger partial charge in [0.25, 0.3) is 0 Å². The second kappa shape index (κ2) is 5.71. The Balaban J connectivity index is 2.54. The normalized spacial score (nSPS) is 11.3. The SMILES string of the molecule is CCN(Cc1ccc(N)nc1)CC(C)C. The van der Waals surface area contributed by atoms with Crippen LogP contribution >= 0.6 is 0 Å². The van der Waals surface area contributed by atoms with Crippen LogP contribution < -0.4 is 5.73 Å². The van der Waals surface area contributed by atoms with E-state index in [0.29, 0.717) is 11.7 Å². The van der Waals surface area contributed by atoms with Crippen LogP contribution in [0.2, 0.25) is 0 Å². The van der Waals surface area contributed by atoms with Crippen LogP contribution in [0.1, 0.15) is 26.3 Å². The highest BCUT2D eigenvalue weighted by atomic mass is 15.1. The molecule has 0 aromatic carbocycles. The number of nitrogen functional groups attached to an aromatic ring is 1. The smallest absolute Gasteiger partial charge is 0.123 e. The molecule has 0 aliphatic rings. The molecular formula is C12H21N3. The van der Waals surface area contributed by atoms with Crippen molar-refractivity contribution in [2.75, 3.05) is 18.8 Å². The molecule has 0 aliphatic heterocycles. The maximum Gasteiger partial charge on any atom is 0.123 e. The van der Waals surface area contributed by atoms with Gasteiger partial charge in [-0.25, -0.2) is 4.98 Å². The van der Waals surface area contributed by atoms with Crippen LogP contribution in [0.15, 0.2) is 18.3 Å². The van der Waals surface area contributed by atoms with Crippen molar-refractivity contribution >= 4 is 5.82 Å². The van der Waals surface area contributed by atoms with Gasteiger partial charge in [-0.1, -0.05) is 26.8 Å². The lowest BCUT2D eigenvalue weighted by atomic mass is 10.2. The van der Waals surface area contributed by atoms with Gasteiger partial charge < -0.3 is 5.73 Å². The van der Waals surface area contributed by atoms with Gasteiger partial charge >= 0.3 is 0 Å². The first-order valence-corrected chi connectivity index (χ1v) is 5.54. The fourth-order valence-electron chi connectivity index (χ4n) is 1.61. The van der Waals surface area contributed by atoms with Crippen molar-refractivity contribution in [2.24, 2.45) is 5.92 Å². The van der Waals surface area contributed by atoms with Gasteiger partial charge in [0.2, 0.25) is 0 Å². The third-order valence-corrected chi connectivity index (χ3v) is 2.32. The van der Waals surface area contributed by atoms with E-state index in [4.69, 9.17) is 5.73 Å². The molecule has 0 saturated heterocycles. The lowest BCUT2D eigenvalue weighted by Gasteiger charge is -2.22. The summed E-state index contributed by atoms with van der Waals surface area (Å²) in [6.45, 7) is 9.83. The predicted octanol–water partition coefficient (Wildman–Crippen LogP) is 2.14. The number of rotatable bonds is 5. The summed E-state index contributed by atoms with van der Waals surface area (Å²) in [6.07, 6.45) is 1.86. The molecule has 15 heavy (non-hydrogen) atoms. The van der Waals surface area contributed by atoms with Crippen LogP contribution in [0.5, 0.6) is 0 Å². The molecule has 0 atom stereocenters. The van der Waals surface area contributed by atoms with Crippen LogP contribution in [0, 0.1) is 5.92 Å². The lowest BCUT2D eigenvalue weighted by Crippen LogP contribution is -2.27. The largest absolute Gasteiger partial charge is 0.384 e. The molecule has 2 N–H and O–H groups in total. The Morgan fingerprint density at radius 2 is 2.13 bits per heavy atom. The van der Waals surface area contributed by atoms with Gasteiger partial charge in [-0.2, -0.15) is 0 Å². The fourth-order valence-corrected chi connectivity index (χ4v) is 1.61. The minimum absolute atomic E-state index is 0.589. The summed E-state index contributed by atoms with van der Waals surface area (Å²) in [7, 11) is 0. The van der Waals surface area contributed by atoms with E-state index >= 15 is 0 Å². The number of hydrogen-bond acceptors (Lipinski definition) is 3. The maximum absolute atomic E-state index is 5.55. The van der Waals surface area contributed by atoms with E-state index in [1.54, 1.807) is 0 Å². The highest BCUT2D eigenvalue weighted by Gasteiger charge is 2.05. The molecule has 3 heteroatoms. The first-order valence-electron chi connectivity index (χ1n) is 5.54.